The summed E-state index contributed by atoms with van der Waals surface area (Å²) in [6, 6.07) is 3.52. The minimum absolute atomic E-state index is 0.00588. The zero-order chi connectivity index (χ0) is 16.3. The Hall–Kier alpha value is -2.03. The Balaban J connectivity index is 3.28. The average molecular weight is 298 g/mol. The van der Waals surface area contributed by atoms with Crippen LogP contribution in [0.5, 0.6) is 0 Å². The number of halogens is 3. The lowest BCUT2D eigenvalue weighted by atomic mass is 9.95. The van der Waals surface area contributed by atoms with Gasteiger partial charge in [-0.2, -0.15) is 13.2 Å². The Kier molecular flexibility index (Phi) is 5.00. The molecule has 0 radical (unpaired) electrons. The summed E-state index contributed by atoms with van der Waals surface area (Å²) in [7, 11) is 0. The molecule has 0 aliphatic heterocycles. The van der Waals surface area contributed by atoms with Gasteiger partial charge in [0.1, 0.15) is 6.29 Å². The minimum Gasteiger partial charge on any atom is -0.364 e. The van der Waals surface area contributed by atoms with Gasteiger partial charge in [-0.1, -0.05) is 26.8 Å². The number of benzene rings is 1. The highest BCUT2D eigenvalue weighted by atomic mass is 19.4. The van der Waals surface area contributed by atoms with E-state index >= 15 is 0 Å². The van der Waals surface area contributed by atoms with Crippen molar-refractivity contribution < 1.29 is 18.0 Å². The molecule has 114 valence electrons. The normalized spacial score (nSPS) is 11.9. The van der Waals surface area contributed by atoms with Gasteiger partial charge >= 0.3 is 6.18 Å². The van der Waals surface area contributed by atoms with Crippen molar-refractivity contribution in [2.45, 2.75) is 26.9 Å². The molecule has 0 heterocycles. The first-order chi connectivity index (χ1) is 9.58. The van der Waals surface area contributed by atoms with Gasteiger partial charge in [0.15, 0.2) is 5.69 Å². The minimum atomic E-state index is -4.59. The van der Waals surface area contributed by atoms with Crippen molar-refractivity contribution in [1.82, 2.24) is 0 Å². The summed E-state index contributed by atoms with van der Waals surface area (Å²) in [5.41, 5.74) is -1.30. The summed E-state index contributed by atoms with van der Waals surface area (Å²) in [5.74, 6) is 0. The van der Waals surface area contributed by atoms with Crippen molar-refractivity contribution in [3.05, 3.63) is 35.2 Å². The first kappa shape index (κ1) is 17.0. The smallest absolute Gasteiger partial charge is 0.364 e. The molecule has 0 amide bonds. The molecule has 0 N–H and O–H groups in total. The van der Waals surface area contributed by atoms with Crippen LogP contribution in [-0.4, -0.2) is 19.4 Å². The highest BCUT2D eigenvalue weighted by molar-refractivity contribution is 5.66. The van der Waals surface area contributed by atoms with E-state index in [1.54, 1.807) is 4.90 Å². The molecule has 0 saturated heterocycles. The van der Waals surface area contributed by atoms with Gasteiger partial charge in [-0.25, -0.2) is 4.85 Å². The van der Waals surface area contributed by atoms with Gasteiger partial charge in [0, 0.05) is 12.2 Å². The molecule has 0 aliphatic rings. The maximum atomic E-state index is 13.0. The van der Waals surface area contributed by atoms with E-state index in [0.717, 1.165) is 12.1 Å². The molecule has 6 heteroatoms. The monoisotopic (exact) mass is 298 g/mol. The second-order valence-electron chi connectivity index (χ2n) is 5.92. The van der Waals surface area contributed by atoms with Crippen LogP contribution in [0, 0.1) is 12.0 Å². The Morgan fingerprint density at radius 3 is 2.33 bits per heavy atom. The summed E-state index contributed by atoms with van der Waals surface area (Å²) in [6.45, 7) is 13.1. The molecule has 1 aromatic carbocycles. The summed E-state index contributed by atoms with van der Waals surface area (Å²) in [4.78, 5) is 15.2. The van der Waals surface area contributed by atoms with E-state index in [-0.39, 0.29) is 17.6 Å². The summed E-state index contributed by atoms with van der Waals surface area (Å²) in [5, 5.41) is 0. The van der Waals surface area contributed by atoms with Gasteiger partial charge in [0.05, 0.1) is 18.7 Å². The van der Waals surface area contributed by atoms with Gasteiger partial charge in [-0.15, -0.1) is 0 Å². The predicted octanol–water partition coefficient (Wildman–Crippen LogP) is 4.31. The van der Waals surface area contributed by atoms with Crippen molar-refractivity contribution in [3.8, 4) is 0 Å². The van der Waals surface area contributed by atoms with Gasteiger partial charge < -0.3 is 9.69 Å². The number of carbonyl (C=O) groups is 1. The van der Waals surface area contributed by atoms with Crippen LogP contribution in [0.15, 0.2) is 18.2 Å². The molecule has 1 aromatic rings. The maximum Gasteiger partial charge on any atom is 0.407 e. The number of carbonyl (C=O) groups excluding carboxylic acids is 1. The molecule has 0 unspecified atom stereocenters. The lowest BCUT2D eigenvalue weighted by Crippen LogP contribution is -2.34. The molecule has 0 aliphatic carbocycles. The third-order valence-electron chi connectivity index (χ3n) is 2.73. The van der Waals surface area contributed by atoms with Crippen LogP contribution in [0.4, 0.5) is 24.5 Å². The fourth-order valence-corrected chi connectivity index (χ4v) is 1.97. The third-order valence-corrected chi connectivity index (χ3v) is 2.73. The molecule has 0 atom stereocenters. The van der Waals surface area contributed by atoms with Crippen LogP contribution >= 0.6 is 0 Å². The Bertz CT molecular complexity index is 554. The van der Waals surface area contributed by atoms with Crippen LogP contribution < -0.4 is 4.90 Å². The number of aldehydes is 1. The van der Waals surface area contributed by atoms with E-state index in [1.807, 2.05) is 20.8 Å². The van der Waals surface area contributed by atoms with Crippen LogP contribution in [0.2, 0.25) is 0 Å². The topological polar surface area (TPSA) is 24.7 Å². The molecular formula is C15H17F3N2O. The molecule has 21 heavy (non-hydrogen) atoms. The number of anilines is 1. The van der Waals surface area contributed by atoms with Gasteiger partial charge in [0.25, 0.3) is 0 Å². The van der Waals surface area contributed by atoms with Crippen LogP contribution in [0.25, 0.3) is 4.85 Å². The zero-order valence-corrected chi connectivity index (χ0v) is 12.2. The third kappa shape index (κ3) is 4.78. The van der Waals surface area contributed by atoms with Crippen molar-refractivity contribution in [3.63, 3.8) is 0 Å². The summed E-state index contributed by atoms with van der Waals surface area (Å²) >= 11 is 0. The van der Waals surface area contributed by atoms with Gasteiger partial charge in [0.2, 0.25) is 0 Å². The van der Waals surface area contributed by atoms with E-state index in [0.29, 0.717) is 12.8 Å². The lowest BCUT2D eigenvalue weighted by Gasteiger charge is -2.31. The quantitative estimate of drug-likeness (QED) is 0.611. The molecule has 0 aromatic heterocycles. The van der Waals surface area contributed by atoms with Crippen molar-refractivity contribution >= 4 is 17.7 Å². The molecule has 1 rings (SSSR count). The highest BCUT2D eigenvalue weighted by Crippen LogP contribution is 2.39. The van der Waals surface area contributed by atoms with E-state index < -0.39 is 17.4 Å². The highest BCUT2D eigenvalue weighted by Gasteiger charge is 2.34. The van der Waals surface area contributed by atoms with E-state index in [2.05, 4.69) is 4.85 Å². The Labute approximate surface area is 122 Å². The van der Waals surface area contributed by atoms with Crippen LogP contribution in [0.3, 0.4) is 0 Å². The van der Waals surface area contributed by atoms with Gasteiger partial charge in [-0.05, 0) is 17.5 Å². The number of alkyl halides is 3. The Morgan fingerprint density at radius 2 is 1.90 bits per heavy atom. The van der Waals surface area contributed by atoms with Gasteiger partial charge in [-0.3, -0.25) is 0 Å². The van der Waals surface area contributed by atoms with Crippen molar-refractivity contribution in [1.29, 1.82) is 0 Å². The number of hydrogen-bond acceptors (Lipinski definition) is 2. The predicted molar refractivity (Wildman–Crippen MR) is 75.4 cm³/mol. The largest absolute Gasteiger partial charge is 0.407 e. The Morgan fingerprint density at radius 1 is 1.29 bits per heavy atom. The van der Waals surface area contributed by atoms with Crippen LogP contribution in [0.1, 0.15) is 26.3 Å². The average Bonchev–Trinajstić information content (AvgIpc) is 2.35. The van der Waals surface area contributed by atoms with Crippen molar-refractivity contribution in [2.75, 3.05) is 18.0 Å². The maximum absolute atomic E-state index is 13.0. The SMILES string of the molecule is [C-]#[N+]c1ccc(N(CC=O)CC(C)(C)C)cc1C(F)(F)F. The second-order valence-corrected chi connectivity index (χ2v) is 5.92. The molecular weight excluding hydrogens is 281 g/mol. The molecule has 0 spiro atoms. The number of hydrogen-bond donors (Lipinski definition) is 0. The fourth-order valence-electron chi connectivity index (χ4n) is 1.97. The van der Waals surface area contributed by atoms with E-state index in [4.69, 9.17) is 6.57 Å². The second kappa shape index (κ2) is 6.17. The molecule has 3 nitrogen and oxygen atoms in total. The number of nitrogens with zero attached hydrogens (tertiary/aromatic N) is 2. The van der Waals surface area contributed by atoms with E-state index in [9.17, 15) is 18.0 Å². The first-order valence-corrected chi connectivity index (χ1v) is 6.36. The molecule has 0 bridgehead atoms. The zero-order valence-electron chi connectivity index (χ0n) is 12.2. The molecule has 0 fully saturated rings. The van der Waals surface area contributed by atoms with Crippen molar-refractivity contribution in [2.24, 2.45) is 5.41 Å². The van der Waals surface area contributed by atoms with Crippen LogP contribution in [-0.2, 0) is 11.0 Å². The molecule has 0 saturated carbocycles. The standard InChI is InChI=1S/C15H17F3N2O/c1-14(2,3)10-20(7-8-21)11-5-6-13(19-4)12(9-11)15(16,17)18/h5-6,8-9H,7,10H2,1-3H3. The summed E-state index contributed by atoms with van der Waals surface area (Å²) in [6.07, 6.45) is -3.94. The summed E-state index contributed by atoms with van der Waals surface area (Å²) < 4.78 is 38.9. The fraction of sp³-hybridized carbons (Fsp3) is 0.467. The lowest BCUT2D eigenvalue weighted by molar-refractivity contribution is -0.136. The first-order valence-electron chi connectivity index (χ1n) is 6.36. The van der Waals surface area contributed by atoms with E-state index in [1.165, 1.54) is 6.07 Å². The number of rotatable bonds is 4.